The van der Waals surface area contributed by atoms with Crippen molar-refractivity contribution < 1.29 is 32.3 Å². The lowest BCUT2D eigenvalue weighted by Gasteiger charge is -2.31. The molecule has 2 N–H and O–H groups in total. The zero-order chi connectivity index (χ0) is 36.1. The Kier molecular flexibility index (Phi) is 9.63. The molecular formula is C36H46N6O7S2. The molecular weight excluding hydrogens is 693 g/mol. The van der Waals surface area contributed by atoms with Crippen LogP contribution in [0.1, 0.15) is 75.4 Å². The second-order valence-electron chi connectivity index (χ2n) is 14.7. The molecule has 0 radical (unpaired) electrons. The van der Waals surface area contributed by atoms with Crippen LogP contribution in [-0.2, 0) is 29.1 Å². The number of rotatable bonds is 8. The number of urea groups is 1. The maximum Gasteiger partial charge on any atom is 0.320 e. The van der Waals surface area contributed by atoms with E-state index < -0.39 is 44.8 Å². The third-order valence-electron chi connectivity index (χ3n) is 10.5. The first-order valence-corrected chi connectivity index (χ1v) is 20.2. The van der Waals surface area contributed by atoms with Gasteiger partial charge in [0.15, 0.2) is 0 Å². The molecule has 15 heteroatoms. The third-order valence-corrected chi connectivity index (χ3v) is 13.2. The van der Waals surface area contributed by atoms with Crippen LogP contribution < -0.4 is 10.0 Å². The van der Waals surface area contributed by atoms with Crippen molar-refractivity contribution in [3.63, 3.8) is 0 Å². The van der Waals surface area contributed by atoms with Gasteiger partial charge in [-0.15, -0.1) is 11.3 Å². The van der Waals surface area contributed by atoms with Crippen LogP contribution in [-0.4, -0.2) is 103 Å². The number of allylic oxidation sites excluding steroid dienone is 3. The number of dihydropyridines is 1. The van der Waals surface area contributed by atoms with Gasteiger partial charge in [0.2, 0.25) is 15.9 Å². The van der Waals surface area contributed by atoms with Gasteiger partial charge >= 0.3 is 6.03 Å². The summed E-state index contributed by atoms with van der Waals surface area (Å²) in [6.07, 6.45) is 14.9. The molecule has 3 aliphatic carbocycles. The molecule has 13 nitrogen and oxygen atoms in total. The number of hydrogen-bond acceptors (Lipinski definition) is 10. The molecule has 6 aliphatic rings. The van der Waals surface area contributed by atoms with Crippen molar-refractivity contribution in [1.29, 1.82) is 0 Å². The summed E-state index contributed by atoms with van der Waals surface area (Å²) >= 11 is 1.52. The number of carbonyl (C=O) groups excluding carboxylic acids is 3. The molecule has 4 amide bonds. The monoisotopic (exact) mass is 738 g/mol. The Balaban J connectivity index is 1.16. The molecule has 3 fully saturated rings. The third kappa shape index (κ3) is 7.24. The van der Waals surface area contributed by atoms with Gasteiger partial charge in [-0.2, -0.15) is 0 Å². The number of methoxy groups -OCH3 is 1. The molecule has 1 aromatic heterocycles. The van der Waals surface area contributed by atoms with Crippen LogP contribution in [0, 0.1) is 11.8 Å². The molecule has 274 valence electrons. The topological polar surface area (TPSA) is 160 Å². The highest BCUT2D eigenvalue weighted by Gasteiger charge is 2.62. The zero-order valence-electron chi connectivity index (χ0n) is 29.4. The molecule has 3 aliphatic heterocycles. The van der Waals surface area contributed by atoms with E-state index in [9.17, 15) is 22.8 Å². The highest BCUT2D eigenvalue weighted by molar-refractivity contribution is 7.91. The van der Waals surface area contributed by atoms with E-state index >= 15 is 0 Å². The Morgan fingerprint density at radius 3 is 2.73 bits per heavy atom. The Morgan fingerprint density at radius 2 is 2.00 bits per heavy atom. The van der Waals surface area contributed by atoms with Crippen LogP contribution in [0.2, 0.25) is 0 Å². The van der Waals surface area contributed by atoms with E-state index in [1.165, 1.54) is 16.2 Å². The predicted octanol–water partition coefficient (Wildman–Crippen LogP) is 3.77. The lowest BCUT2D eigenvalue weighted by Crippen LogP contribution is -2.57. The maximum atomic E-state index is 14.2. The van der Waals surface area contributed by atoms with Crippen LogP contribution in [0.5, 0.6) is 0 Å². The number of carbonyl (C=O) groups is 3. The van der Waals surface area contributed by atoms with E-state index in [1.807, 2.05) is 41.8 Å². The minimum Gasteiger partial charge on any atom is -0.497 e. The minimum atomic E-state index is -3.83. The average molecular weight is 739 g/mol. The molecule has 0 spiro atoms. The van der Waals surface area contributed by atoms with Gasteiger partial charge in [0, 0.05) is 37.4 Å². The van der Waals surface area contributed by atoms with Crippen LogP contribution in [0.25, 0.3) is 0 Å². The Labute approximate surface area is 303 Å². The zero-order valence-corrected chi connectivity index (χ0v) is 31.0. The standard InChI is InChI=1S/C36H46N6O7S2/c1-21(2)29-20-50-33(38-29)28-17-31(26-13-10-23(48-4)15-27(26)37-28)49-24-16-30-32(43)39-36(34(44)40-51(46,47)25-11-12-25)18-22(36)9-7-5-6-8-14-41(3)35(45)42(30)19-24/h7,9-10,13,15,17,20-22,24-27,30H,5-6,8,11-12,14,16,18-19H2,1-4H3,(H,39,43)(H,40,44)/b9-7-/t22-,24-,26?,27?,30+,36-/m1/s1. The Hall–Kier alpha value is -3.98. The van der Waals surface area contributed by atoms with Crippen molar-refractivity contribution in [2.45, 2.75) is 93.7 Å². The fourth-order valence-corrected chi connectivity index (χ4v) is 9.48. The van der Waals surface area contributed by atoms with Gasteiger partial charge in [-0.1, -0.05) is 32.1 Å². The maximum absolute atomic E-state index is 14.2. The van der Waals surface area contributed by atoms with Crippen LogP contribution in [0.3, 0.4) is 0 Å². The average Bonchev–Trinajstić information content (AvgIpc) is 3.98. The molecule has 2 unspecified atom stereocenters. The van der Waals surface area contributed by atoms with Crippen molar-refractivity contribution in [3.8, 4) is 0 Å². The van der Waals surface area contributed by atoms with Gasteiger partial charge in [-0.25, -0.2) is 18.2 Å². The number of hydrogen-bond donors (Lipinski definition) is 2. The number of aromatic nitrogens is 1. The molecule has 2 saturated carbocycles. The predicted molar refractivity (Wildman–Crippen MR) is 192 cm³/mol. The van der Waals surface area contributed by atoms with Crippen LogP contribution in [0.4, 0.5) is 4.79 Å². The molecule has 7 rings (SSSR count). The van der Waals surface area contributed by atoms with E-state index in [1.54, 1.807) is 19.1 Å². The number of thiazole rings is 1. The van der Waals surface area contributed by atoms with Gasteiger partial charge < -0.3 is 24.6 Å². The number of aliphatic imine (C=N–C) groups is 1. The van der Waals surface area contributed by atoms with Crippen molar-refractivity contribution >= 4 is 44.9 Å². The van der Waals surface area contributed by atoms with Gasteiger partial charge in [0.25, 0.3) is 5.91 Å². The van der Waals surface area contributed by atoms with Gasteiger partial charge in [0.1, 0.15) is 34.2 Å². The summed E-state index contributed by atoms with van der Waals surface area (Å²) in [6, 6.07) is -1.54. The van der Waals surface area contributed by atoms with Crippen molar-refractivity contribution in [2.75, 3.05) is 27.2 Å². The van der Waals surface area contributed by atoms with Crippen molar-refractivity contribution in [2.24, 2.45) is 16.8 Å². The van der Waals surface area contributed by atoms with Crippen LogP contribution in [0.15, 0.2) is 58.3 Å². The quantitative estimate of drug-likeness (QED) is 0.382. The number of ether oxygens (including phenoxy) is 2. The first-order valence-electron chi connectivity index (χ1n) is 17.8. The van der Waals surface area contributed by atoms with E-state index in [2.05, 4.69) is 23.9 Å². The van der Waals surface area contributed by atoms with E-state index in [0.717, 1.165) is 30.0 Å². The summed E-state index contributed by atoms with van der Waals surface area (Å²) < 4.78 is 40.0. The van der Waals surface area contributed by atoms with Crippen LogP contribution >= 0.6 is 11.3 Å². The summed E-state index contributed by atoms with van der Waals surface area (Å²) in [5.41, 5.74) is 0.262. The van der Waals surface area contributed by atoms with Gasteiger partial charge in [-0.3, -0.25) is 19.3 Å². The fraction of sp³-hybridized carbons (Fsp3) is 0.583. The van der Waals surface area contributed by atoms with E-state index in [-0.39, 0.29) is 49.2 Å². The lowest BCUT2D eigenvalue weighted by molar-refractivity contribution is -0.131. The first kappa shape index (κ1) is 35.4. The normalized spacial score (nSPS) is 31.6. The minimum absolute atomic E-state index is 0.151. The number of amides is 4. The van der Waals surface area contributed by atoms with E-state index in [4.69, 9.17) is 19.5 Å². The smallest absolute Gasteiger partial charge is 0.320 e. The number of sulfonamides is 1. The van der Waals surface area contributed by atoms with Crippen molar-refractivity contribution in [3.05, 3.63) is 64.1 Å². The molecule has 51 heavy (non-hydrogen) atoms. The lowest BCUT2D eigenvalue weighted by atomic mass is 9.89. The molecule has 1 aromatic rings. The SMILES string of the molecule is COC1=CC2N=C(c3nc(C(C)C)cs3)C=C(O[C@@H]3C[C@H]4C(=O)N[C@]5(C(=O)NS(=O)(=O)C6CC6)C[C@H]5/C=C\CCCCN(C)C(=O)N4C3)C2C=C1. The summed E-state index contributed by atoms with van der Waals surface area (Å²) in [6.45, 7) is 4.86. The number of fused-ring (bicyclic) bond motifs is 3. The summed E-state index contributed by atoms with van der Waals surface area (Å²) in [4.78, 5) is 54.7. The number of nitrogens with one attached hydrogen (secondary N) is 2. The molecule has 1 saturated heterocycles. The van der Waals surface area contributed by atoms with Crippen molar-refractivity contribution in [1.82, 2.24) is 24.8 Å². The van der Waals surface area contributed by atoms with Gasteiger partial charge in [0.05, 0.1) is 42.3 Å². The largest absolute Gasteiger partial charge is 0.497 e. The fourth-order valence-electron chi connectivity index (χ4n) is 7.17. The molecule has 0 bridgehead atoms. The molecule has 4 heterocycles. The Bertz CT molecular complexity index is 1840. The highest BCUT2D eigenvalue weighted by Crippen LogP contribution is 2.46. The summed E-state index contributed by atoms with van der Waals surface area (Å²) in [5.74, 6) is -0.210. The number of nitrogens with zero attached hydrogens (tertiary/aromatic N) is 4. The second kappa shape index (κ2) is 13.9. The summed E-state index contributed by atoms with van der Waals surface area (Å²) in [7, 11) is -0.489. The summed E-state index contributed by atoms with van der Waals surface area (Å²) in [5, 5.41) is 5.15. The second-order valence-corrected chi connectivity index (χ2v) is 17.5. The highest BCUT2D eigenvalue weighted by atomic mass is 32.2. The Morgan fingerprint density at radius 1 is 1.20 bits per heavy atom. The van der Waals surface area contributed by atoms with Gasteiger partial charge in [-0.05, 0) is 56.6 Å². The van der Waals surface area contributed by atoms with E-state index in [0.29, 0.717) is 36.6 Å². The molecule has 6 atom stereocenters. The first-order chi connectivity index (χ1) is 24.4. The molecule has 0 aromatic carbocycles.